The fourth-order valence-electron chi connectivity index (χ4n) is 2.98. The van der Waals surface area contributed by atoms with Gasteiger partial charge in [-0.3, -0.25) is 9.69 Å². The molecule has 150 valence electrons. The minimum Gasteiger partial charge on any atom is -0.444 e. The maximum Gasteiger partial charge on any atom is 0.407 e. The number of ether oxygens (including phenoxy) is 1. The molecule has 0 bridgehead atoms. The van der Waals surface area contributed by atoms with Gasteiger partial charge in [-0.1, -0.05) is 34.0 Å². The van der Waals surface area contributed by atoms with Gasteiger partial charge in [0, 0.05) is 17.1 Å². The Morgan fingerprint density at radius 2 is 2.07 bits per heavy atom. The van der Waals surface area contributed by atoms with E-state index < -0.39 is 11.7 Å². The number of benzene rings is 1. The fraction of sp³-hybridized carbons (Fsp3) is 0.579. The molecule has 2 amide bonds. The molecule has 1 unspecified atom stereocenters. The molecule has 2 N–H and O–H groups in total. The molecule has 0 saturated carbocycles. The number of likely N-dealkylation sites (tertiary alicyclic amines) is 1. The lowest BCUT2D eigenvalue weighted by Gasteiger charge is -2.35. The van der Waals surface area contributed by atoms with Crippen LogP contribution in [0.3, 0.4) is 0 Å². The average Bonchev–Trinajstić information content (AvgIpc) is 2.55. The number of carbonyl (C=O) groups is 2. The summed E-state index contributed by atoms with van der Waals surface area (Å²) in [5.41, 5.74) is 0.0606. The molecule has 6 nitrogen and oxygen atoms in total. The lowest BCUT2D eigenvalue weighted by Crippen LogP contribution is -2.49. The lowest BCUT2D eigenvalue weighted by atomic mass is 10.0. The summed E-state index contributed by atoms with van der Waals surface area (Å²) in [4.78, 5) is 26.4. The number of hydrogen-bond donors (Lipinski definition) is 2. The van der Waals surface area contributed by atoms with Gasteiger partial charge in [-0.05, 0) is 58.4 Å². The zero-order chi connectivity index (χ0) is 20.0. The van der Waals surface area contributed by atoms with E-state index in [0.717, 1.165) is 30.3 Å². The third-order valence-electron chi connectivity index (χ3n) is 4.18. The van der Waals surface area contributed by atoms with Crippen molar-refractivity contribution in [1.82, 2.24) is 10.2 Å². The molecule has 0 spiro atoms. The van der Waals surface area contributed by atoms with Gasteiger partial charge in [-0.2, -0.15) is 0 Å². The first-order valence-electron chi connectivity index (χ1n) is 9.10. The number of carbonyl (C=O) groups excluding carboxylic acids is 2. The highest BCUT2D eigenvalue weighted by molar-refractivity contribution is 9.10. The molecule has 1 heterocycles. The highest BCUT2D eigenvalue weighted by Crippen LogP contribution is 2.26. The standard InChI is InChI=1S/C19H27BrClN3O3/c1-19(2,3)27-18(26)22-11-14-6-4-5-9-24(14)12-17(25)23-16-8-7-13(20)10-15(16)21/h7-8,10,14H,4-6,9,11-12H2,1-3H3,(H,22,26)(H,23,25). The fourth-order valence-corrected chi connectivity index (χ4v) is 3.70. The summed E-state index contributed by atoms with van der Waals surface area (Å²) >= 11 is 9.51. The molecular formula is C19H27BrClN3O3. The van der Waals surface area contributed by atoms with Crippen molar-refractivity contribution in [2.24, 2.45) is 0 Å². The molecule has 1 fully saturated rings. The summed E-state index contributed by atoms with van der Waals surface area (Å²) in [5.74, 6) is -0.122. The summed E-state index contributed by atoms with van der Waals surface area (Å²) in [6.45, 7) is 7.03. The van der Waals surface area contributed by atoms with Gasteiger partial charge in [-0.25, -0.2) is 4.79 Å². The van der Waals surface area contributed by atoms with E-state index in [2.05, 4.69) is 31.5 Å². The SMILES string of the molecule is CC(C)(C)OC(=O)NCC1CCCCN1CC(=O)Nc1ccc(Br)cc1Cl. The second kappa shape index (κ2) is 9.75. The number of nitrogens with zero attached hydrogens (tertiary/aromatic N) is 1. The molecule has 1 aliphatic rings. The van der Waals surface area contributed by atoms with E-state index in [1.165, 1.54) is 0 Å². The van der Waals surface area contributed by atoms with Gasteiger partial charge in [0.05, 0.1) is 17.3 Å². The summed E-state index contributed by atoms with van der Waals surface area (Å²) in [7, 11) is 0. The first kappa shape index (κ1) is 22.0. The third-order valence-corrected chi connectivity index (χ3v) is 4.99. The van der Waals surface area contributed by atoms with E-state index in [1.807, 2.05) is 26.8 Å². The van der Waals surface area contributed by atoms with Crippen molar-refractivity contribution in [2.75, 3.05) is 25.0 Å². The number of halogens is 2. The Labute approximate surface area is 174 Å². The van der Waals surface area contributed by atoms with Crippen LogP contribution in [0.5, 0.6) is 0 Å². The Balaban J connectivity index is 1.88. The Morgan fingerprint density at radius 3 is 2.74 bits per heavy atom. The smallest absolute Gasteiger partial charge is 0.407 e. The molecular weight excluding hydrogens is 434 g/mol. The van der Waals surface area contributed by atoms with E-state index in [1.54, 1.807) is 12.1 Å². The molecule has 0 aromatic heterocycles. The van der Waals surface area contributed by atoms with Crippen LogP contribution in [0.4, 0.5) is 10.5 Å². The van der Waals surface area contributed by atoms with Gasteiger partial charge in [0.25, 0.3) is 0 Å². The molecule has 0 aliphatic carbocycles. The maximum absolute atomic E-state index is 12.5. The normalized spacial score (nSPS) is 18.0. The number of amides is 2. The predicted molar refractivity (Wildman–Crippen MR) is 111 cm³/mol. The molecule has 2 rings (SSSR count). The van der Waals surface area contributed by atoms with Crippen molar-refractivity contribution in [3.8, 4) is 0 Å². The van der Waals surface area contributed by atoms with Crippen LogP contribution in [-0.2, 0) is 9.53 Å². The highest BCUT2D eigenvalue weighted by atomic mass is 79.9. The van der Waals surface area contributed by atoms with Crippen LogP contribution in [0.2, 0.25) is 5.02 Å². The summed E-state index contributed by atoms with van der Waals surface area (Å²) < 4.78 is 6.14. The molecule has 1 aromatic carbocycles. The van der Waals surface area contributed by atoms with Crippen LogP contribution in [-0.4, -0.2) is 48.2 Å². The quantitative estimate of drug-likeness (QED) is 0.682. The van der Waals surface area contributed by atoms with Crippen LogP contribution in [0.25, 0.3) is 0 Å². The van der Waals surface area contributed by atoms with E-state index in [4.69, 9.17) is 16.3 Å². The number of anilines is 1. The number of alkyl carbamates (subject to hydrolysis) is 1. The second-order valence-electron chi connectivity index (χ2n) is 7.68. The molecule has 0 radical (unpaired) electrons. The summed E-state index contributed by atoms with van der Waals surface area (Å²) in [6, 6.07) is 5.45. The van der Waals surface area contributed by atoms with E-state index in [-0.39, 0.29) is 18.5 Å². The van der Waals surface area contributed by atoms with Gasteiger partial charge in [0.2, 0.25) is 5.91 Å². The first-order valence-corrected chi connectivity index (χ1v) is 10.3. The minimum absolute atomic E-state index is 0.109. The van der Waals surface area contributed by atoms with Crippen molar-refractivity contribution >= 4 is 45.2 Å². The largest absolute Gasteiger partial charge is 0.444 e. The zero-order valence-corrected chi connectivity index (χ0v) is 18.3. The lowest BCUT2D eigenvalue weighted by molar-refractivity contribution is -0.118. The van der Waals surface area contributed by atoms with E-state index >= 15 is 0 Å². The molecule has 1 saturated heterocycles. The van der Waals surface area contributed by atoms with Crippen molar-refractivity contribution in [1.29, 1.82) is 0 Å². The average molecular weight is 461 g/mol. The molecule has 1 aromatic rings. The molecule has 27 heavy (non-hydrogen) atoms. The van der Waals surface area contributed by atoms with Crippen LogP contribution < -0.4 is 10.6 Å². The van der Waals surface area contributed by atoms with Crippen molar-refractivity contribution in [3.63, 3.8) is 0 Å². The van der Waals surface area contributed by atoms with Gasteiger partial charge in [0.1, 0.15) is 5.60 Å². The van der Waals surface area contributed by atoms with E-state index in [0.29, 0.717) is 17.3 Å². The highest BCUT2D eigenvalue weighted by Gasteiger charge is 2.26. The predicted octanol–water partition coefficient (Wildman–Crippen LogP) is 4.42. The Morgan fingerprint density at radius 1 is 1.33 bits per heavy atom. The number of rotatable bonds is 5. The summed E-state index contributed by atoms with van der Waals surface area (Å²) in [5, 5.41) is 6.16. The number of piperidine rings is 1. The Kier molecular flexibility index (Phi) is 7.94. The van der Waals surface area contributed by atoms with Crippen molar-refractivity contribution in [3.05, 3.63) is 27.7 Å². The summed E-state index contributed by atoms with van der Waals surface area (Å²) in [6.07, 6.45) is 2.62. The van der Waals surface area contributed by atoms with Crippen molar-refractivity contribution < 1.29 is 14.3 Å². The molecule has 1 atom stereocenters. The Hall–Kier alpha value is -1.31. The van der Waals surface area contributed by atoms with Gasteiger partial charge in [-0.15, -0.1) is 0 Å². The van der Waals surface area contributed by atoms with Gasteiger partial charge >= 0.3 is 6.09 Å². The maximum atomic E-state index is 12.5. The van der Waals surface area contributed by atoms with Gasteiger partial charge < -0.3 is 15.4 Å². The monoisotopic (exact) mass is 459 g/mol. The first-order chi connectivity index (χ1) is 12.6. The molecule has 8 heteroatoms. The van der Waals surface area contributed by atoms with Gasteiger partial charge in [0.15, 0.2) is 0 Å². The minimum atomic E-state index is -0.528. The molecule has 1 aliphatic heterocycles. The Bertz CT molecular complexity index is 679. The zero-order valence-electron chi connectivity index (χ0n) is 16.0. The number of nitrogens with one attached hydrogen (secondary N) is 2. The van der Waals surface area contributed by atoms with Crippen LogP contribution >= 0.6 is 27.5 Å². The third kappa shape index (κ3) is 7.68. The number of hydrogen-bond acceptors (Lipinski definition) is 4. The van der Waals surface area contributed by atoms with Crippen LogP contribution in [0, 0.1) is 0 Å². The second-order valence-corrected chi connectivity index (χ2v) is 9.00. The van der Waals surface area contributed by atoms with E-state index in [9.17, 15) is 9.59 Å². The van der Waals surface area contributed by atoms with Crippen LogP contribution in [0.15, 0.2) is 22.7 Å². The van der Waals surface area contributed by atoms with Crippen LogP contribution in [0.1, 0.15) is 40.0 Å². The topological polar surface area (TPSA) is 70.7 Å². The van der Waals surface area contributed by atoms with Crippen molar-refractivity contribution in [2.45, 2.75) is 51.7 Å².